The van der Waals surface area contributed by atoms with Crippen molar-refractivity contribution < 1.29 is 5.11 Å². The van der Waals surface area contributed by atoms with Crippen LogP contribution in [-0.2, 0) is 12.1 Å². The topological polar surface area (TPSA) is 38.0 Å². The van der Waals surface area contributed by atoms with Gasteiger partial charge in [-0.15, -0.1) is 0 Å². The van der Waals surface area contributed by atoms with Crippen LogP contribution in [0.4, 0.5) is 0 Å². The number of aliphatic hydroxyl groups is 1. The summed E-state index contributed by atoms with van der Waals surface area (Å²) < 4.78 is 2.00. The Balaban J connectivity index is 1.71. The van der Waals surface area contributed by atoms with E-state index in [2.05, 4.69) is 36.2 Å². The molecule has 1 aromatic heterocycles. The average Bonchev–Trinajstić information content (AvgIpc) is 3.09. The van der Waals surface area contributed by atoms with Crippen LogP contribution >= 0.6 is 11.8 Å². The Bertz CT molecular complexity index is 752. The van der Waals surface area contributed by atoms with Gasteiger partial charge in [-0.2, -0.15) is 0 Å². The van der Waals surface area contributed by atoms with E-state index in [1.54, 1.807) is 24.3 Å². The quantitative estimate of drug-likeness (QED) is 0.715. The average molecular weight is 338 g/mol. The third-order valence-corrected chi connectivity index (χ3v) is 5.44. The minimum atomic E-state index is -0.889. The van der Waals surface area contributed by atoms with Gasteiger partial charge in [0, 0.05) is 34.6 Å². The molecule has 4 heteroatoms. The number of rotatable bonds is 6. The van der Waals surface area contributed by atoms with Crippen molar-refractivity contribution in [2.75, 3.05) is 0 Å². The molecule has 0 aliphatic carbocycles. The van der Waals surface area contributed by atoms with Gasteiger partial charge in [-0.3, -0.25) is 0 Å². The molecule has 1 N–H and O–H groups in total. The minimum absolute atomic E-state index is 0.0688. The Kier molecular flexibility index (Phi) is 5.07. The van der Waals surface area contributed by atoms with Gasteiger partial charge in [0.15, 0.2) is 0 Å². The molecule has 3 aromatic rings. The van der Waals surface area contributed by atoms with Crippen molar-refractivity contribution in [2.24, 2.45) is 5.92 Å². The molecule has 3 nitrogen and oxygen atoms in total. The molecule has 0 radical (unpaired) electrons. The third-order valence-electron chi connectivity index (χ3n) is 4.42. The minimum Gasteiger partial charge on any atom is -0.385 e. The van der Waals surface area contributed by atoms with Crippen LogP contribution in [0.25, 0.3) is 0 Å². The molecule has 1 heterocycles. The fourth-order valence-electron chi connectivity index (χ4n) is 2.66. The summed E-state index contributed by atoms with van der Waals surface area (Å²) in [7, 11) is 0. The standard InChI is InChI=1S/C20H22N2OS/c1-16(14-22-13-12-21-15-22)20(2,23)17-8-10-19(11-9-17)24-18-6-4-3-5-7-18/h3-13,15-16,23H,14H2,1-2H3. The van der Waals surface area contributed by atoms with Gasteiger partial charge in [0.05, 0.1) is 11.9 Å². The number of benzene rings is 2. The summed E-state index contributed by atoms with van der Waals surface area (Å²) in [5.41, 5.74) is 0.0488. The van der Waals surface area contributed by atoms with Crippen LogP contribution in [0, 0.1) is 5.92 Å². The monoisotopic (exact) mass is 338 g/mol. The van der Waals surface area contributed by atoms with Crippen LogP contribution in [0.1, 0.15) is 19.4 Å². The summed E-state index contributed by atoms with van der Waals surface area (Å²) in [6, 6.07) is 18.5. The maximum atomic E-state index is 11.0. The zero-order valence-electron chi connectivity index (χ0n) is 14.0. The Morgan fingerprint density at radius 2 is 1.75 bits per heavy atom. The molecule has 0 saturated carbocycles. The number of nitrogens with zero attached hydrogens (tertiary/aromatic N) is 2. The molecule has 0 bridgehead atoms. The molecule has 2 unspecified atom stereocenters. The predicted octanol–water partition coefficient (Wildman–Crippen LogP) is 4.58. The van der Waals surface area contributed by atoms with Gasteiger partial charge in [0.25, 0.3) is 0 Å². The lowest BCUT2D eigenvalue weighted by molar-refractivity contribution is -0.00546. The van der Waals surface area contributed by atoms with Gasteiger partial charge in [-0.05, 0) is 36.8 Å². The summed E-state index contributed by atoms with van der Waals surface area (Å²) in [5.74, 6) is 0.0688. The summed E-state index contributed by atoms with van der Waals surface area (Å²) in [6.07, 6.45) is 5.47. The van der Waals surface area contributed by atoms with Gasteiger partial charge in [0.2, 0.25) is 0 Å². The lowest BCUT2D eigenvalue weighted by Crippen LogP contribution is -2.32. The predicted molar refractivity (Wildman–Crippen MR) is 98.0 cm³/mol. The first-order chi connectivity index (χ1) is 11.6. The number of aromatic nitrogens is 2. The van der Waals surface area contributed by atoms with Crippen molar-refractivity contribution >= 4 is 11.8 Å². The van der Waals surface area contributed by atoms with Crippen molar-refractivity contribution in [3.05, 3.63) is 78.9 Å². The van der Waals surface area contributed by atoms with Crippen LogP contribution in [0.3, 0.4) is 0 Å². The molecule has 0 spiro atoms. The fraction of sp³-hybridized carbons (Fsp3) is 0.250. The molecule has 0 amide bonds. The number of imidazole rings is 1. The highest BCUT2D eigenvalue weighted by Gasteiger charge is 2.30. The van der Waals surface area contributed by atoms with Crippen LogP contribution in [0.5, 0.6) is 0 Å². The zero-order chi connectivity index (χ0) is 17.0. The highest BCUT2D eigenvalue weighted by molar-refractivity contribution is 7.99. The Morgan fingerprint density at radius 1 is 1.08 bits per heavy atom. The number of hydrogen-bond acceptors (Lipinski definition) is 3. The van der Waals surface area contributed by atoms with E-state index in [9.17, 15) is 5.11 Å². The highest BCUT2D eigenvalue weighted by Crippen LogP contribution is 2.33. The van der Waals surface area contributed by atoms with Gasteiger partial charge < -0.3 is 9.67 Å². The summed E-state index contributed by atoms with van der Waals surface area (Å²) in [5, 5.41) is 11.0. The van der Waals surface area contributed by atoms with Crippen LogP contribution in [0.2, 0.25) is 0 Å². The summed E-state index contributed by atoms with van der Waals surface area (Å²) in [4.78, 5) is 6.44. The van der Waals surface area contributed by atoms with Gasteiger partial charge in [-0.25, -0.2) is 4.98 Å². The molecule has 0 aliphatic heterocycles. The first-order valence-corrected chi connectivity index (χ1v) is 8.89. The normalized spacial score (nSPS) is 15.0. The second-order valence-corrected chi connectivity index (χ2v) is 7.39. The van der Waals surface area contributed by atoms with Gasteiger partial charge >= 0.3 is 0 Å². The van der Waals surface area contributed by atoms with Gasteiger partial charge in [-0.1, -0.05) is 49.0 Å². The summed E-state index contributed by atoms with van der Waals surface area (Å²) >= 11 is 1.73. The van der Waals surface area contributed by atoms with Crippen LogP contribution in [-0.4, -0.2) is 14.7 Å². The van der Waals surface area contributed by atoms with Crippen molar-refractivity contribution in [2.45, 2.75) is 35.8 Å². The maximum Gasteiger partial charge on any atom is 0.0946 e. The van der Waals surface area contributed by atoms with E-state index in [0.717, 1.165) is 12.1 Å². The van der Waals surface area contributed by atoms with Crippen molar-refractivity contribution in [1.82, 2.24) is 9.55 Å². The van der Waals surface area contributed by atoms with E-state index in [-0.39, 0.29) is 5.92 Å². The van der Waals surface area contributed by atoms with Crippen molar-refractivity contribution in [1.29, 1.82) is 0 Å². The fourth-order valence-corrected chi connectivity index (χ4v) is 3.50. The zero-order valence-corrected chi connectivity index (χ0v) is 14.8. The lowest BCUT2D eigenvalue weighted by Gasteiger charge is -2.31. The molecule has 0 saturated heterocycles. The molecular formula is C20H22N2OS. The first-order valence-electron chi connectivity index (χ1n) is 8.07. The summed E-state index contributed by atoms with van der Waals surface area (Å²) in [6.45, 7) is 4.67. The molecule has 24 heavy (non-hydrogen) atoms. The van der Waals surface area contributed by atoms with Crippen LogP contribution < -0.4 is 0 Å². The van der Waals surface area contributed by atoms with Gasteiger partial charge in [0.1, 0.15) is 0 Å². The lowest BCUT2D eigenvalue weighted by atomic mass is 9.84. The maximum absolute atomic E-state index is 11.0. The van der Waals surface area contributed by atoms with E-state index >= 15 is 0 Å². The Morgan fingerprint density at radius 3 is 2.38 bits per heavy atom. The highest BCUT2D eigenvalue weighted by atomic mass is 32.2. The second-order valence-electron chi connectivity index (χ2n) is 6.25. The Hall–Kier alpha value is -2.04. The molecule has 124 valence electrons. The van der Waals surface area contributed by atoms with E-state index in [1.807, 2.05) is 48.0 Å². The largest absolute Gasteiger partial charge is 0.385 e. The SMILES string of the molecule is CC(Cn1ccnc1)C(C)(O)c1ccc(Sc2ccccc2)cc1. The van der Waals surface area contributed by atoms with Crippen molar-refractivity contribution in [3.8, 4) is 0 Å². The third kappa shape index (κ3) is 3.89. The van der Waals surface area contributed by atoms with Crippen molar-refractivity contribution in [3.63, 3.8) is 0 Å². The van der Waals surface area contributed by atoms with E-state index in [1.165, 1.54) is 9.79 Å². The molecular weight excluding hydrogens is 316 g/mol. The van der Waals surface area contributed by atoms with E-state index in [0.29, 0.717) is 0 Å². The first kappa shape index (κ1) is 16.8. The molecule has 3 rings (SSSR count). The Labute approximate surface area is 147 Å². The molecule has 0 aliphatic rings. The smallest absolute Gasteiger partial charge is 0.0946 e. The second kappa shape index (κ2) is 7.24. The van der Waals surface area contributed by atoms with E-state index in [4.69, 9.17) is 0 Å². The van der Waals surface area contributed by atoms with E-state index < -0.39 is 5.60 Å². The molecule has 2 aromatic carbocycles. The number of hydrogen-bond donors (Lipinski definition) is 1. The molecule has 0 fully saturated rings. The van der Waals surface area contributed by atoms with Crippen LogP contribution in [0.15, 0.2) is 83.1 Å². The molecule has 2 atom stereocenters.